The highest BCUT2D eigenvalue weighted by atomic mass is 35.5. The Kier molecular flexibility index (Phi) is 8.33. The smallest absolute Gasteiger partial charge is 0.250 e. The number of thioether (sulfide) groups is 1. The number of halogens is 1. The highest BCUT2D eigenvalue weighted by Gasteiger charge is 2.24. The average Bonchev–Trinajstić information content (AvgIpc) is 3.38. The van der Waals surface area contributed by atoms with E-state index >= 15 is 0 Å². The van der Waals surface area contributed by atoms with E-state index in [0.29, 0.717) is 11.1 Å². The van der Waals surface area contributed by atoms with Gasteiger partial charge < -0.3 is 0 Å². The number of hydrogen-bond donors (Lipinski definition) is 1. The largest absolute Gasteiger partial charge is 0.299 e. The molecule has 0 saturated heterocycles. The van der Waals surface area contributed by atoms with Gasteiger partial charge in [0.1, 0.15) is 0 Å². The van der Waals surface area contributed by atoms with Crippen LogP contribution in [0.25, 0.3) is 22.5 Å². The Hall–Kier alpha value is -3.42. The average molecular weight is 530 g/mol. The number of aromatic nitrogens is 3. The normalized spacial score (nSPS) is 14.2. The Balaban J connectivity index is 1.21. The molecule has 1 aliphatic rings. The van der Waals surface area contributed by atoms with Crippen LogP contribution in [-0.4, -0.2) is 32.6 Å². The topological polar surface area (TPSA) is 72.2 Å². The summed E-state index contributed by atoms with van der Waals surface area (Å²) in [6, 6.07) is 26.3. The number of rotatable bonds is 8. The van der Waals surface area contributed by atoms with Crippen LogP contribution in [0.15, 0.2) is 89.1 Å². The van der Waals surface area contributed by atoms with Crippen molar-refractivity contribution in [3.8, 4) is 22.5 Å². The van der Waals surface area contributed by atoms with E-state index in [9.17, 15) is 4.79 Å². The minimum atomic E-state index is -0.187. The second-order valence-corrected chi connectivity index (χ2v) is 10.4. The number of carbonyl (C=O) groups excluding carboxylic acids is 1. The molecule has 1 saturated carbocycles. The molecule has 0 radical (unpaired) electrons. The maximum Gasteiger partial charge on any atom is 0.250 e. The van der Waals surface area contributed by atoms with Crippen molar-refractivity contribution in [2.75, 3.05) is 5.75 Å². The number of hydrazone groups is 1. The Morgan fingerprint density at radius 2 is 1.59 bits per heavy atom. The maximum atomic E-state index is 12.5. The summed E-state index contributed by atoms with van der Waals surface area (Å²) < 4.78 is 2.21. The van der Waals surface area contributed by atoms with Crippen LogP contribution in [0.5, 0.6) is 0 Å². The minimum Gasteiger partial charge on any atom is -0.299 e. The van der Waals surface area contributed by atoms with Gasteiger partial charge in [-0.3, -0.25) is 9.36 Å². The van der Waals surface area contributed by atoms with Gasteiger partial charge in [-0.15, -0.1) is 10.2 Å². The Morgan fingerprint density at radius 3 is 2.32 bits per heavy atom. The monoisotopic (exact) mass is 529 g/mol. The van der Waals surface area contributed by atoms with Crippen molar-refractivity contribution in [1.82, 2.24) is 20.2 Å². The first-order valence-corrected chi connectivity index (χ1v) is 13.8. The van der Waals surface area contributed by atoms with Crippen molar-refractivity contribution in [1.29, 1.82) is 0 Å². The predicted octanol–water partition coefficient (Wildman–Crippen LogP) is 7.01. The van der Waals surface area contributed by atoms with E-state index in [1.54, 1.807) is 6.21 Å². The van der Waals surface area contributed by atoms with Gasteiger partial charge in [-0.25, -0.2) is 5.43 Å². The summed E-state index contributed by atoms with van der Waals surface area (Å²) in [5.74, 6) is 0.840. The van der Waals surface area contributed by atoms with Gasteiger partial charge in [0.05, 0.1) is 12.0 Å². The number of hydrogen-bond acceptors (Lipinski definition) is 5. The van der Waals surface area contributed by atoms with Crippen molar-refractivity contribution in [3.63, 3.8) is 0 Å². The number of benzene rings is 3. The van der Waals surface area contributed by atoms with E-state index in [1.807, 2.05) is 66.7 Å². The molecule has 37 heavy (non-hydrogen) atoms. The fourth-order valence-electron chi connectivity index (χ4n) is 4.57. The highest BCUT2D eigenvalue weighted by Crippen LogP contribution is 2.35. The van der Waals surface area contributed by atoms with Crippen molar-refractivity contribution in [2.45, 2.75) is 43.3 Å². The Bertz CT molecular complexity index is 1350. The van der Waals surface area contributed by atoms with Gasteiger partial charge in [-0.2, -0.15) is 5.10 Å². The second kappa shape index (κ2) is 12.2. The molecule has 1 heterocycles. The zero-order valence-corrected chi connectivity index (χ0v) is 22.0. The molecule has 0 unspecified atom stereocenters. The van der Waals surface area contributed by atoms with E-state index in [2.05, 4.69) is 37.4 Å². The molecule has 1 aromatic heterocycles. The van der Waals surface area contributed by atoms with Gasteiger partial charge in [0.15, 0.2) is 11.0 Å². The van der Waals surface area contributed by atoms with Crippen molar-refractivity contribution < 1.29 is 4.79 Å². The summed E-state index contributed by atoms with van der Waals surface area (Å²) in [6.07, 6.45) is 7.47. The van der Waals surface area contributed by atoms with E-state index in [-0.39, 0.29) is 11.7 Å². The van der Waals surface area contributed by atoms with Crippen LogP contribution >= 0.6 is 23.4 Å². The van der Waals surface area contributed by atoms with E-state index in [0.717, 1.165) is 46.1 Å². The molecule has 0 spiro atoms. The lowest BCUT2D eigenvalue weighted by Gasteiger charge is -2.25. The first-order chi connectivity index (χ1) is 18.2. The molecule has 1 fully saturated rings. The molecule has 188 valence electrons. The van der Waals surface area contributed by atoms with Gasteiger partial charge in [0.2, 0.25) is 0 Å². The lowest BCUT2D eigenvalue weighted by atomic mass is 9.95. The summed E-state index contributed by atoms with van der Waals surface area (Å²) in [6.45, 7) is 0. The van der Waals surface area contributed by atoms with Crippen molar-refractivity contribution >= 4 is 35.5 Å². The third-order valence-corrected chi connectivity index (χ3v) is 7.65. The second-order valence-electron chi connectivity index (χ2n) is 9.04. The Morgan fingerprint density at radius 1 is 0.919 bits per heavy atom. The number of carbonyl (C=O) groups is 1. The number of nitrogens with zero attached hydrogens (tertiary/aromatic N) is 4. The van der Waals surface area contributed by atoms with Gasteiger partial charge >= 0.3 is 0 Å². The van der Waals surface area contributed by atoms with Crippen molar-refractivity contribution in [2.24, 2.45) is 5.10 Å². The Labute approximate surface area is 226 Å². The highest BCUT2D eigenvalue weighted by molar-refractivity contribution is 7.99. The molecule has 1 aliphatic carbocycles. The molecule has 0 bridgehead atoms. The molecule has 1 amide bonds. The van der Waals surface area contributed by atoms with Crippen LogP contribution < -0.4 is 5.43 Å². The standard InChI is InChI=1S/C29H28ClN5OS/c30-25-17-15-24(16-18-25)28-33-34-29(35(28)26-9-5-2-6-10-26)37-20-27(36)32-31-19-21-11-13-23(14-12-21)22-7-3-1-4-8-22/h1,3-4,7-8,11-19,26H,2,5-6,9-10,20H2,(H,32,36)/b31-19-. The lowest BCUT2D eigenvalue weighted by molar-refractivity contribution is -0.118. The van der Waals surface area contributed by atoms with Crippen LogP contribution in [0.2, 0.25) is 5.02 Å². The van der Waals surface area contributed by atoms with E-state index < -0.39 is 0 Å². The molecule has 0 atom stereocenters. The minimum absolute atomic E-state index is 0.187. The lowest BCUT2D eigenvalue weighted by Crippen LogP contribution is -2.20. The van der Waals surface area contributed by atoms with Crippen LogP contribution in [-0.2, 0) is 4.79 Å². The molecular weight excluding hydrogens is 502 g/mol. The SMILES string of the molecule is O=C(CSc1nnc(-c2ccc(Cl)cc2)n1C1CCCCC1)N/N=C\c1ccc(-c2ccccc2)cc1. The molecule has 0 aliphatic heterocycles. The fourth-order valence-corrected chi connectivity index (χ4v) is 5.50. The molecule has 5 rings (SSSR count). The van der Waals surface area contributed by atoms with Gasteiger partial charge in [-0.05, 0) is 53.8 Å². The summed E-state index contributed by atoms with van der Waals surface area (Å²) in [5, 5.41) is 14.5. The molecule has 3 aromatic carbocycles. The molecule has 1 N–H and O–H groups in total. The van der Waals surface area contributed by atoms with Gasteiger partial charge in [0, 0.05) is 16.6 Å². The number of amides is 1. The number of nitrogens with one attached hydrogen (secondary N) is 1. The van der Waals surface area contributed by atoms with Crippen LogP contribution in [0.4, 0.5) is 0 Å². The zero-order valence-electron chi connectivity index (χ0n) is 20.4. The third-order valence-electron chi connectivity index (χ3n) is 6.46. The van der Waals surface area contributed by atoms with E-state index in [4.69, 9.17) is 11.6 Å². The van der Waals surface area contributed by atoms with Crippen LogP contribution in [0.1, 0.15) is 43.7 Å². The van der Waals surface area contributed by atoms with Crippen LogP contribution in [0.3, 0.4) is 0 Å². The predicted molar refractivity (Wildman–Crippen MR) is 151 cm³/mol. The molecule has 6 nitrogen and oxygen atoms in total. The quantitative estimate of drug-likeness (QED) is 0.151. The molecule has 8 heteroatoms. The third kappa shape index (κ3) is 6.48. The summed E-state index contributed by atoms with van der Waals surface area (Å²) >= 11 is 7.48. The molecule has 4 aromatic rings. The van der Waals surface area contributed by atoms with Gasteiger partial charge in [0.25, 0.3) is 5.91 Å². The first-order valence-electron chi connectivity index (χ1n) is 12.5. The summed E-state index contributed by atoms with van der Waals surface area (Å²) in [7, 11) is 0. The summed E-state index contributed by atoms with van der Waals surface area (Å²) in [5.41, 5.74) is 6.82. The van der Waals surface area contributed by atoms with E-state index in [1.165, 1.54) is 31.0 Å². The molecular formula is C29H28ClN5OS. The van der Waals surface area contributed by atoms with Crippen LogP contribution in [0, 0.1) is 0 Å². The zero-order chi connectivity index (χ0) is 25.5. The first kappa shape index (κ1) is 25.2. The fraction of sp³-hybridized carbons (Fsp3) is 0.241. The maximum absolute atomic E-state index is 12.5. The summed E-state index contributed by atoms with van der Waals surface area (Å²) in [4.78, 5) is 12.5. The van der Waals surface area contributed by atoms with Crippen molar-refractivity contribution in [3.05, 3.63) is 89.4 Å². The van der Waals surface area contributed by atoms with Gasteiger partial charge in [-0.1, -0.05) is 97.2 Å².